The second kappa shape index (κ2) is 7.12. The minimum atomic E-state index is -0.395. The van der Waals surface area contributed by atoms with Gasteiger partial charge in [0.2, 0.25) is 5.78 Å². The average molecular weight is 482 g/mol. The first-order chi connectivity index (χ1) is 14.9. The summed E-state index contributed by atoms with van der Waals surface area (Å²) in [7, 11) is 1.65. The molecule has 1 aromatic carbocycles. The number of aromatic nitrogens is 5. The third kappa shape index (κ3) is 2.99. The quantitative estimate of drug-likeness (QED) is 0.394. The smallest absolute Gasteiger partial charge is 0.332 e. The van der Waals surface area contributed by atoms with Crippen molar-refractivity contribution < 1.29 is 4.42 Å². The second-order valence-electron chi connectivity index (χ2n) is 7.62. The molecule has 0 aliphatic rings. The molecule has 0 saturated carbocycles. The number of furan rings is 1. The molecule has 31 heavy (non-hydrogen) atoms. The first-order valence-electron chi connectivity index (χ1n) is 9.81. The summed E-state index contributed by atoms with van der Waals surface area (Å²) < 4.78 is 13.0. The Hall–Kier alpha value is -3.33. The van der Waals surface area contributed by atoms with Crippen molar-refractivity contribution in [1.29, 1.82) is 0 Å². The Morgan fingerprint density at radius 1 is 1.00 bits per heavy atom. The van der Waals surface area contributed by atoms with Crippen LogP contribution in [0.3, 0.4) is 0 Å². The van der Waals surface area contributed by atoms with Crippen molar-refractivity contribution in [3.8, 4) is 0 Å². The Labute approximate surface area is 185 Å². The van der Waals surface area contributed by atoms with Gasteiger partial charge in [-0.1, -0.05) is 28.1 Å². The van der Waals surface area contributed by atoms with Crippen LogP contribution in [0.25, 0.3) is 16.9 Å². The van der Waals surface area contributed by atoms with Gasteiger partial charge in [-0.3, -0.25) is 18.3 Å². The van der Waals surface area contributed by atoms with Gasteiger partial charge in [0.05, 0.1) is 19.4 Å². The van der Waals surface area contributed by atoms with Gasteiger partial charge in [-0.25, -0.2) is 4.79 Å². The molecular formula is C22H20BrN5O3. The lowest BCUT2D eigenvalue weighted by Crippen LogP contribution is -2.39. The Morgan fingerprint density at radius 2 is 1.74 bits per heavy atom. The van der Waals surface area contributed by atoms with Crippen LogP contribution < -0.4 is 11.2 Å². The summed E-state index contributed by atoms with van der Waals surface area (Å²) in [4.78, 5) is 31.2. The van der Waals surface area contributed by atoms with Gasteiger partial charge in [0, 0.05) is 22.9 Å². The molecule has 4 heterocycles. The highest BCUT2D eigenvalue weighted by atomic mass is 79.9. The van der Waals surface area contributed by atoms with E-state index in [0.29, 0.717) is 23.5 Å². The third-order valence-corrected chi connectivity index (χ3v) is 6.31. The largest absolute Gasteiger partial charge is 0.467 e. The zero-order valence-electron chi connectivity index (χ0n) is 17.3. The molecule has 0 aliphatic carbocycles. The summed E-state index contributed by atoms with van der Waals surface area (Å²) in [6.45, 7) is 4.61. The van der Waals surface area contributed by atoms with E-state index >= 15 is 0 Å². The molecule has 9 heteroatoms. The molecule has 0 fully saturated rings. The van der Waals surface area contributed by atoms with Crippen molar-refractivity contribution in [3.63, 3.8) is 0 Å². The second-order valence-corrected chi connectivity index (χ2v) is 8.53. The van der Waals surface area contributed by atoms with Gasteiger partial charge in [0.15, 0.2) is 11.2 Å². The molecule has 8 nitrogen and oxygen atoms in total. The Kier molecular flexibility index (Phi) is 4.51. The maximum absolute atomic E-state index is 13.5. The summed E-state index contributed by atoms with van der Waals surface area (Å²) in [6, 6.07) is 11.3. The number of benzene rings is 1. The predicted molar refractivity (Wildman–Crippen MR) is 121 cm³/mol. The van der Waals surface area contributed by atoms with Gasteiger partial charge in [0.25, 0.3) is 5.56 Å². The Bertz CT molecular complexity index is 1550. The summed E-state index contributed by atoms with van der Waals surface area (Å²) in [5, 5.41) is 0. The van der Waals surface area contributed by atoms with Crippen LogP contribution in [0.15, 0.2) is 61.1 Å². The fourth-order valence-electron chi connectivity index (χ4n) is 3.97. The van der Waals surface area contributed by atoms with E-state index in [2.05, 4.69) is 20.9 Å². The highest BCUT2D eigenvalue weighted by Gasteiger charge is 2.23. The van der Waals surface area contributed by atoms with Crippen molar-refractivity contribution in [2.45, 2.75) is 26.9 Å². The monoisotopic (exact) mass is 481 g/mol. The molecule has 5 rings (SSSR count). The van der Waals surface area contributed by atoms with E-state index < -0.39 is 5.69 Å². The van der Waals surface area contributed by atoms with E-state index in [1.54, 1.807) is 13.3 Å². The van der Waals surface area contributed by atoms with Crippen LogP contribution in [0.4, 0.5) is 0 Å². The molecule has 0 unspecified atom stereocenters. The Balaban J connectivity index is 1.77. The summed E-state index contributed by atoms with van der Waals surface area (Å²) in [5.41, 5.74) is 2.76. The molecule has 0 spiro atoms. The van der Waals surface area contributed by atoms with Gasteiger partial charge >= 0.3 is 5.69 Å². The van der Waals surface area contributed by atoms with Crippen molar-refractivity contribution in [2.75, 3.05) is 0 Å². The lowest BCUT2D eigenvalue weighted by atomic mass is 10.2. The third-order valence-electron chi connectivity index (χ3n) is 5.78. The predicted octanol–water partition coefficient (Wildman–Crippen LogP) is 3.22. The zero-order valence-corrected chi connectivity index (χ0v) is 18.9. The Morgan fingerprint density at radius 3 is 2.42 bits per heavy atom. The molecule has 0 amide bonds. The van der Waals surface area contributed by atoms with Crippen LogP contribution in [0.1, 0.15) is 22.7 Å². The van der Waals surface area contributed by atoms with Crippen LogP contribution in [0, 0.1) is 13.8 Å². The van der Waals surface area contributed by atoms with Crippen molar-refractivity contribution in [2.24, 2.45) is 7.05 Å². The van der Waals surface area contributed by atoms with E-state index in [0.717, 1.165) is 27.2 Å². The van der Waals surface area contributed by atoms with Crippen LogP contribution >= 0.6 is 15.9 Å². The van der Waals surface area contributed by atoms with Gasteiger partial charge in [0.1, 0.15) is 5.76 Å². The number of rotatable bonds is 4. The lowest BCUT2D eigenvalue weighted by molar-refractivity contribution is 0.494. The van der Waals surface area contributed by atoms with Crippen LogP contribution in [-0.4, -0.2) is 23.1 Å². The number of nitrogens with zero attached hydrogens (tertiary/aromatic N) is 5. The SMILES string of the molecule is Cc1c(C)n2c3c(=O)n(Cc4ccc(Br)cc4)c(=O)n(C)c3nc2n1Cc1ccco1. The lowest BCUT2D eigenvalue weighted by Gasteiger charge is -2.09. The van der Waals surface area contributed by atoms with Crippen LogP contribution in [-0.2, 0) is 20.1 Å². The van der Waals surface area contributed by atoms with Gasteiger partial charge in [-0.15, -0.1) is 0 Å². The van der Waals surface area contributed by atoms with E-state index in [1.807, 2.05) is 59.2 Å². The summed E-state index contributed by atoms with van der Waals surface area (Å²) in [6.07, 6.45) is 1.63. The topological polar surface area (TPSA) is 79.4 Å². The molecule has 0 aliphatic heterocycles. The van der Waals surface area contributed by atoms with Crippen molar-refractivity contribution in [1.82, 2.24) is 23.1 Å². The molecular weight excluding hydrogens is 462 g/mol. The number of hydrogen-bond acceptors (Lipinski definition) is 4. The molecule has 0 saturated heterocycles. The van der Waals surface area contributed by atoms with E-state index in [4.69, 9.17) is 4.42 Å². The molecule has 0 bridgehead atoms. The molecule has 4 aromatic heterocycles. The fourth-order valence-corrected chi connectivity index (χ4v) is 4.24. The number of hydrogen-bond donors (Lipinski definition) is 0. The van der Waals surface area contributed by atoms with E-state index in [1.165, 1.54) is 9.13 Å². The minimum absolute atomic E-state index is 0.188. The summed E-state index contributed by atoms with van der Waals surface area (Å²) in [5.74, 6) is 1.39. The number of aryl methyl sites for hydroxylation is 2. The van der Waals surface area contributed by atoms with E-state index in [9.17, 15) is 9.59 Å². The molecule has 5 aromatic rings. The standard InChI is InChI=1S/C22H20BrN5O3/c1-13-14(2)28-18-19(24-21(28)26(13)12-17-5-4-10-31-17)25(3)22(30)27(20(18)29)11-15-6-8-16(23)9-7-15/h4-10H,11-12H2,1-3H3. The van der Waals surface area contributed by atoms with Gasteiger partial charge in [-0.2, -0.15) is 4.98 Å². The number of fused-ring (bicyclic) bond motifs is 3. The molecule has 158 valence electrons. The number of imidazole rings is 2. The first kappa shape index (κ1) is 19.6. The van der Waals surface area contributed by atoms with Gasteiger partial charge in [-0.05, 0) is 43.7 Å². The van der Waals surface area contributed by atoms with Crippen molar-refractivity contribution in [3.05, 3.63) is 90.7 Å². The first-order valence-corrected chi connectivity index (χ1v) is 10.6. The fraction of sp³-hybridized carbons (Fsp3) is 0.227. The van der Waals surface area contributed by atoms with Crippen molar-refractivity contribution >= 4 is 32.9 Å². The van der Waals surface area contributed by atoms with Crippen LogP contribution in [0.5, 0.6) is 0 Å². The zero-order chi connectivity index (χ0) is 21.9. The normalized spacial score (nSPS) is 11.7. The maximum Gasteiger partial charge on any atom is 0.332 e. The van der Waals surface area contributed by atoms with E-state index in [-0.39, 0.29) is 12.1 Å². The molecule has 0 radical (unpaired) electrons. The highest BCUT2D eigenvalue weighted by Crippen LogP contribution is 2.22. The maximum atomic E-state index is 13.5. The average Bonchev–Trinajstić information content (AvgIpc) is 3.46. The molecule has 0 N–H and O–H groups in total. The highest BCUT2D eigenvalue weighted by molar-refractivity contribution is 9.10. The molecule has 0 atom stereocenters. The van der Waals surface area contributed by atoms with Gasteiger partial charge < -0.3 is 8.98 Å². The number of halogens is 1. The minimum Gasteiger partial charge on any atom is -0.467 e. The van der Waals surface area contributed by atoms with Crippen LogP contribution in [0.2, 0.25) is 0 Å². The summed E-state index contributed by atoms with van der Waals surface area (Å²) >= 11 is 3.41.